The summed E-state index contributed by atoms with van der Waals surface area (Å²) in [5, 5.41) is 22.8. The number of nitro benzene ring substituents is 1. The van der Waals surface area contributed by atoms with Crippen LogP contribution in [0.3, 0.4) is 0 Å². The number of carbonyl (C=O) groups is 2. The Morgan fingerprint density at radius 1 is 1.28 bits per heavy atom. The van der Waals surface area contributed by atoms with E-state index >= 15 is 0 Å². The van der Waals surface area contributed by atoms with E-state index < -0.39 is 28.4 Å². The van der Waals surface area contributed by atoms with Crippen molar-refractivity contribution in [3.05, 3.63) is 96.9 Å². The summed E-state index contributed by atoms with van der Waals surface area (Å²) in [4.78, 5) is 47.2. The van der Waals surface area contributed by atoms with Crippen LogP contribution in [0.15, 0.2) is 60.1 Å². The summed E-state index contributed by atoms with van der Waals surface area (Å²) in [7, 11) is 0. The first kappa shape index (κ1) is 21.3. The van der Waals surface area contributed by atoms with Crippen LogP contribution in [-0.4, -0.2) is 36.6 Å². The van der Waals surface area contributed by atoms with Gasteiger partial charge in [-0.25, -0.2) is 4.98 Å². The topological polar surface area (TPSA) is 127 Å². The molecule has 3 heterocycles. The van der Waals surface area contributed by atoms with Crippen LogP contribution in [0.4, 0.5) is 5.69 Å². The quantitative estimate of drug-likeness (QED) is 0.343. The van der Waals surface area contributed by atoms with Crippen molar-refractivity contribution in [2.24, 2.45) is 0 Å². The molecule has 0 bridgehead atoms. The zero-order valence-electron chi connectivity index (χ0n) is 17.2. The lowest BCUT2D eigenvalue weighted by molar-refractivity contribution is -0.384. The zero-order chi connectivity index (χ0) is 23.0. The zero-order valence-corrected chi connectivity index (χ0v) is 18.0. The molecule has 162 valence electrons. The van der Waals surface area contributed by atoms with Gasteiger partial charge in [-0.2, -0.15) is 0 Å². The Balaban J connectivity index is 1.85. The third-order valence-corrected chi connectivity index (χ3v) is 6.20. The Labute approximate surface area is 186 Å². The van der Waals surface area contributed by atoms with Crippen LogP contribution in [0.1, 0.15) is 37.5 Å². The number of Topliss-reactive ketones (excluding diaryl/α,β-unsaturated/α-hetero) is 1. The predicted molar refractivity (Wildman–Crippen MR) is 116 cm³/mol. The van der Waals surface area contributed by atoms with Crippen LogP contribution in [0.2, 0.25) is 0 Å². The lowest BCUT2D eigenvalue weighted by Gasteiger charge is -2.26. The molecule has 1 aliphatic rings. The summed E-state index contributed by atoms with van der Waals surface area (Å²) in [6.45, 7) is 3.50. The highest BCUT2D eigenvalue weighted by Crippen LogP contribution is 2.41. The molecule has 0 radical (unpaired) electrons. The van der Waals surface area contributed by atoms with Crippen molar-refractivity contribution in [2.45, 2.75) is 26.4 Å². The number of benzene rings is 1. The minimum Gasteiger partial charge on any atom is -0.503 e. The molecule has 0 fully saturated rings. The predicted octanol–water partition coefficient (Wildman–Crippen LogP) is 3.84. The molecule has 0 aliphatic carbocycles. The van der Waals surface area contributed by atoms with Crippen molar-refractivity contribution < 1.29 is 19.6 Å². The highest BCUT2D eigenvalue weighted by molar-refractivity contribution is 7.14. The molecular formula is C22H18N4O5S. The molecule has 1 aromatic carbocycles. The molecular weight excluding hydrogens is 432 g/mol. The first-order valence-electron chi connectivity index (χ1n) is 9.64. The fourth-order valence-electron chi connectivity index (χ4n) is 3.76. The number of aliphatic hydroxyl groups is 1. The van der Waals surface area contributed by atoms with Gasteiger partial charge in [0, 0.05) is 31.1 Å². The Bertz CT molecular complexity index is 1270. The second kappa shape index (κ2) is 8.31. The first-order chi connectivity index (χ1) is 15.3. The number of ketones is 1. The number of thiazole rings is 1. The highest BCUT2D eigenvalue weighted by atomic mass is 32.1. The van der Waals surface area contributed by atoms with Crippen LogP contribution in [0, 0.1) is 24.0 Å². The van der Waals surface area contributed by atoms with E-state index in [-0.39, 0.29) is 17.8 Å². The number of nitro groups is 1. The van der Waals surface area contributed by atoms with Gasteiger partial charge in [0.05, 0.1) is 32.1 Å². The number of amides is 1. The second-order valence-corrected chi connectivity index (χ2v) is 8.49. The average molecular weight is 450 g/mol. The van der Waals surface area contributed by atoms with Gasteiger partial charge in [-0.3, -0.25) is 24.7 Å². The van der Waals surface area contributed by atoms with Gasteiger partial charge in [-0.15, -0.1) is 11.3 Å². The monoisotopic (exact) mass is 450 g/mol. The normalized spacial score (nSPS) is 16.0. The molecule has 10 heteroatoms. The number of pyridine rings is 1. The van der Waals surface area contributed by atoms with Gasteiger partial charge in [0.15, 0.2) is 5.76 Å². The molecule has 3 aromatic rings. The molecule has 32 heavy (non-hydrogen) atoms. The Morgan fingerprint density at radius 2 is 2.06 bits per heavy atom. The largest absolute Gasteiger partial charge is 0.503 e. The molecule has 1 amide bonds. The smallest absolute Gasteiger partial charge is 0.290 e. The first-order valence-corrected chi connectivity index (χ1v) is 10.5. The number of hydrogen-bond acceptors (Lipinski definition) is 8. The van der Waals surface area contributed by atoms with E-state index in [1.54, 1.807) is 44.4 Å². The van der Waals surface area contributed by atoms with Gasteiger partial charge in [-0.1, -0.05) is 18.2 Å². The molecule has 0 unspecified atom stereocenters. The van der Waals surface area contributed by atoms with Gasteiger partial charge < -0.3 is 10.0 Å². The lowest BCUT2D eigenvalue weighted by atomic mass is 9.94. The third kappa shape index (κ3) is 3.76. The molecule has 1 atom stereocenters. The summed E-state index contributed by atoms with van der Waals surface area (Å²) < 4.78 is 0. The molecule has 4 rings (SSSR count). The molecule has 0 saturated carbocycles. The van der Waals surface area contributed by atoms with Crippen LogP contribution in [-0.2, 0) is 11.3 Å². The third-order valence-electron chi connectivity index (χ3n) is 5.13. The number of aromatic nitrogens is 2. The fourth-order valence-corrected chi connectivity index (χ4v) is 4.63. The van der Waals surface area contributed by atoms with Gasteiger partial charge in [-0.05, 0) is 31.0 Å². The highest BCUT2D eigenvalue weighted by Gasteiger charge is 2.44. The molecule has 2 aromatic heterocycles. The molecule has 1 aliphatic heterocycles. The molecule has 9 nitrogen and oxygen atoms in total. The summed E-state index contributed by atoms with van der Waals surface area (Å²) in [5.74, 6) is -1.92. The van der Waals surface area contributed by atoms with Crippen molar-refractivity contribution in [3.63, 3.8) is 0 Å². The van der Waals surface area contributed by atoms with E-state index in [2.05, 4.69) is 9.97 Å². The summed E-state index contributed by atoms with van der Waals surface area (Å²) in [5.41, 5.74) is 1.23. The number of aliphatic hydroxyl groups excluding tert-OH is 1. The van der Waals surface area contributed by atoms with Crippen molar-refractivity contribution in [2.75, 3.05) is 0 Å². The van der Waals surface area contributed by atoms with Gasteiger partial charge in [0.2, 0.25) is 5.78 Å². The van der Waals surface area contributed by atoms with Crippen molar-refractivity contribution in [3.8, 4) is 0 Å². The van der Waals surface area contributed by atoms with Crippen molar-refractivity contribution >= 4 is 28.7 Å². The maximum atomic E-state index is 13.5. The number of carbonyl (C=O) groups excluding carboxylic acids is 2. The Hall–Kier alpha value is -3.92. The lowest BCUT2D eigenvalue weighted by Crippen LogP contribution is -2.30. The number of aryl methyl sites for hydroxylation is 2. The summed E-state index contributed by atoms with van der Waals surface area (Å²) >= 11 is 1.17. The fraction of sp³-hybridized carbons (Fsp3) is 0.182. The molecule has 0 saturated heterocycles. The number of nitrogens with zero attached hydrogens (tertiary/aromatic N) is 4. The van der Waals surface area contributed by atoms with E-state index in [0.29, 0.717) is 26.7 Å². The SMILES string of the molecule is Cc1nc(C)c(C(=O)C2=C(O)C(=O)N(Cc3cccnc3)[C@H]2c2cccc([N+](=O)[O-])c2)s1. The standard InChI is InChI=1S/C22H18N4O5S/c1-12-21(32-13(2)24-12)19(27)17-18(15-6-3-7-16(9-15)26(30)31)25(22(29)20(17)28)11-14-5-4-8-23-10-14/h3-10,18,28H,11H2,1-2H3/t18-/m0/s1. The van der Waals surface area contributed by atoms with Crippen molar-refractivity contribution in [1.82, 2.24) is 14.9 Å². The minimum atomic E-state index is -1.00. The number of non-ortho nitro benzene ring substituents is 1. The Morgan fingerprint density at radius 3 is 2.69 bits per heavy atom. The van der Waals surface area contributed by atoms with E-state index in [1.165, 1.54) is 34.4 Å². The van der Waals surface area contributed by atoms with Crippen molar-refractivity contribution in [1.29, 1.82) is 0 Å². The number of hydrogen-bond donors (Lipinski definition) is 1. The Kier molecular flexibility index (Phi) is 5.54. The maximum Gasteiger partial charge on any atom is 0.290 e. The summed E-state index contributed by atoms with van der Waals surface area (Å²) in [6.07, 6.45) is 3.16. The van der Waals surface area contributed by atoms with Crippen LogP contribution in [0.5, 0.6) is 0 Å². The van der Waals surface area contributed by atoms with Gasteiger partial charge >= 0.3 is 0 Å². The van der Waals surface area contributed by atoms with E-state index in [1.807, 2.05) is 0 Å². The van der Waals surface area contributed by atoms with Gasteiger partial charge in [0.1, 0.15) is 0 Å². The van der Waals surface area contributed by atoms with E-state index in [0.717, 1.165) is 0 Å². The van der Waals surface area contributed by atoms with Crippen LogP contribution < -0.4 is 0 Å². The second-order valence-electron chi connectivity index (χ2n) is 7.29. The van der Waals surface area contributed by atoms with E-state index in [9.17, 15) is 24.8 Å². The summed E-state index contributed by atoms with van der Waals surface area (Å²) in [6, 6.07) is 8.19. The van der Waals surface area contributed by atoms with E-state index in [4.69, 9.17) is 0 Å². The number of rotatable bonds is 6. The van der Waals surface area contributed by atoms with Gasteiger partial charge in [0.25, 0.3) is 11.6 Å². The molecule has 0 spiro atoms. The van der Waals surface area contributed by atoms with Crippen LogP contribution in [0.25, 0.3) is 0 Å². The minimum absolute atomic E-state index is 0.0571. The maximum absolute atomic E-state index is 13.5. The molecule has 1 N–H and O–H groups in total. The van der Waals surface area contributed by atoms with Crippen LogP contribution >= 0.6 is 11.3 Å². The average Bonchev–Trinajstić information content (AvgIpc) is 3.24.